The fourth-order valence-corrected chi connectivity index (χ4v) is 2.71. The number of anilines is 1. The van der Waals surface area contributed by atoms with Crippen molar-refractivity contribution >= 4 is 11.6 Å². The number of hydrogen-bond acceptors (Lipinski definition) is 3. The molecule has 140 valence electrons. The standard InChI is InChI=1S/C22H29NO3/c1-5-6-14-22(3,25-4)21(24)23-19-12-13-20(17(2)15-19)26-16-18-10-8-7-9-11-18/h7-13,15H,5-6,14,16H2,1-4H3,(H,23,24)/t22-/m0/s1. The van der Waals surface area contributed by atoms with Gasteiger partial charge in [0.1, 0.15) is 18.0 Å². The second-order valence-corrected chi connectivity index (χ2v) is 6.75. The lowest BCUT2D eigenvalue weighted by Gasteiger charge is -2.27. The third kappa shape index (κ3) is 5.33. The summed E-state index contributed by atoms with van der Waals surface area (Å²) in [4.78, 5) is 12.6. The summed E-state index contributed by atoms with van der Waals surface area (Å²) < 4.78 is 11.4. The number of rotatable bonds is 9. The van der Waals surface area contributed by atoms with Crippen molar-refractivity contribution in [2.24, 2.45) is 0 Å². The molecule has 0 saturated carbocycles. The normalized spacial score (nSPS) is 13.1. The molecule has 0 aliphatic heterocycles. The van der Waals surface area contributed by atoms with Crippen LogP contribution in [0.25, 0.3) is 0 Å². The third-order valence-corrected chi connectivity index (χ3v) is 4.61. The highest BCUT2D eigenvalue weighted by molar-refractivity contribution is 5.97. The van der Waals surface area contributed by atoms with Gasteiger partial charge in [0, 0.05) is 12.8 Å². The predicted molar refractivity (Wildman–Crippen MR) is 106 cm³/mol. The van der Waals surface area contributed by atoms with Gasteiger partial charge in [-0.25, -0.2) is 0 Å². The first-order valence-corrected chi connectivity index (χ1v) is 9.12. The molecule has 1 atom stereocenters. The maximum Gasteiger partial charge on any atom is 0.256 e. The van der Waals surface area contributed by atoms with Gasteiger partial charge in [-0.1, -0.05) is 50.1 Å². The van der Waals surface area contributed by atoms with E-state index in [1.165, 1.54) is 0 Å². The molecule has 0 bridgehead atoms. The summed E-state index contributed by atoms with van der Waals surface area (Å²) in [5.74, 6) is 0.693. The second kappa shape index (κ2) is 9.39. The van der Waals surface area contributed by atoms with E-state index in [0.29, 0.717) is 13.0 Å². The number of unbranched alkanes of at least 4 members (excludes halogenated alkanes) is 1. The van der Waals surface area contributed by atoms with Gasteiger partial charge in [-0.2, -0.15) is 0 Å². The van der Waals surface area contributed by atoms with Gasteiger partial charge < -0.3 is 14.8 Å². The predicted octanol–water partition coefficient (Wildman–Crippen LogP) is 5.11. The van der Waals surface area contributed by atoms with Crippen molar-refractivity contribution in [3.8, 4) is 5.75 Å². The van der Waals surface area contributed by atoms with Crippen LogP contribution >= 0.6 is 0 Å². The van der Waals surface area contributed by atoms with Crippen molar-refractivity contribution in [2.75, 3.05) is 12.4 Å². The summed E-state index contributed by atoms with van der Waals surface area (Å²) in [6.45, 7) is 6.43. The van der Waals surface area contributed by atoms with E-state index in [1.54, 1.807) is 7.11 Å². The van der Waals surface area contributed by atoms with E-state index < -0.39 is 5.60 Å². The summed E-state index contributed by atoms with van der Waals surface area (Å²) in [6, 6.07) is 15.7. The Morgan fingerprint density at radius 1 is 1.15 bits per heavy atom. The topological polar surface area (TPSA) is 47.6 Å². The molecule has 1 amide bonds. The average Bonchev–Trinajstić information content (AvgIpc) is 2.66. The van der Waals surface area contributed by atoms with Crippen LogP contribution in [0, 0.1) is 6.92 Å². The zero-order valence-corrected chi connectivity index (χ0v) is 16.2. The monoisotopic (exact) mass is 355 g/mol. The summed E-state index contributed by atoms with van der Waals surface area (Å²) in [6.07, 6.45) is 2.67. The van der Waals surface area contributed by atoms with Crippen molar-refractivity contribution in [1.82, 2.24) is 0 Å². The van der Waals surface area contributed by atoms with Gasteiger partial charge in [0.15, 0.2) is 0 Å². The Bertz CT molecular complexity index is 715. The van der Waals surface area contributed by atoms with Gasteiger partial charge in [-0.15, -0.1) is 0 Å². The molecule has 0 aliphatic carbocycles. The Labute approximate surface area is 156 Å². The number of aryl methyl sites for hydroxylation is 1. The molecule has 0 aromatic heterocycles. The largest absolute Gasteiger partial charge is 0.489 e. The molecule has 2 aromatic carbocycles. The van der Waals surface area contributed by atoms with Crippen molar-refractivity contribution in [3.05, 3.63) is 59.7 Å². The molecule has 0 aliphatic rings. The zero-order valence-electron chi connectivity index (χ0n) is 16.2. The van der Waals surface area contributed by atoms with Crippen molar-refractivity contribution in [2.45, 2.75) is 52.2 Å². The number of benzene rings is 2. The minimum atomic E-state index is -0.813. The third-order valence-electron chi connectivity index (χ3n) is 4.61. The molecule has 1 N–H and O–H groups in total. The number of carbonyl (C=O) groups is 1. The molecule has 0 spiro atoms. The second-order valence-electron chi connectivity index (χ2n) is 6.75. The Kier molecular flexibility index (Phi) is 7.22. The summed E-state index contributed by atoms with van der Waals surface area (Å²) in [5, 5.41) is 2.96. The minimum absolute atomic E-state index is 0.120. The number of nitrogens with one attached hydrogen (secondary N) is 1. The lowest BCUT2D eigenvalue weighted by molar-refractivity contribution is -0.136. The molecule has 2 aromatic rings. The molecule has 4 nitrogen and oxygen atoms in total. The molecular formula is C22H29NO3. The maximum atomic E-state index is 12.6. The molecule has 4 heteroatoms. The first-order chi connectivity index (χ1) is 12.5. The fourth-order valence-electron chi connectivity index (χ4n) is 2.71. The maximum absolute atomic E-state index is 12.6. The van der Waals surface area contributed by atoms with E-state index in [9.17, 15) is 4.79 Å². The molecule has 2 rings (SSSR count). The molecule has 0 saturated heterocycles. The summed E-state index contributed by atoms with van der Waals surface area (Å²) >= 11 is 0. The van der Waals surface area contributed by atoms with Crippen LogP contribution in [0.5, 0.6) is 5.75 Å². The van der Waals surface area contributed by atoms with Crippen LogP contribution in [-0.4, -0.2) is 18.6 Å². The van der Waals surface area contributed by atoms with Gasteiger partial charge in [-0.05, 0) is 49.6 Å². The Morgan fingerprint density at radius 3 is 2.50 bits per heavy atom. The van der Waals surface area contributed by atoms with Crippen molar-refractivity contribution in [1.29, 1.82) is 0 Å². The first-order valence-electron chi connectivity index (χ1n) is 9.12. The van der Waals surface area contributed by atoms with Gasteiger partial charge in [-0.3, -0.25) is 4.79 Å². The van der Waals surface area contributed by atoms with Gasteiger partial charge >= 0.3 is 0 Å². The van der Waals surface area contributed by atoms with Crippen molar-refractivity contribution in [3.63, 3.8) is 0 Å². The van der Waals surface area contributed by atoms with Crippen LogP contribution in [0.2, 0.25) is 0 Å². The number of hydrogen-bond donors (Lipinski definition) is 1. The highest BCUT2D eigenvalue weighted by Gasteiger charge is 2.32. The van der Waals surface area contributed by atoms with Crippen molar-refractivity contribution < 1.29 is 14.3 Å². The Hall–Kier alpha value is -2.33. The molecule has 0 unspecified atom stereocenters. The van der Waals surface area contributed by atoms with Gasteiger partial charge in [0.2, 0.25) is 0 Å². The number of methoxy groups -OCH3 is 1. The Morgan fingerprint density at radius 2 is 1.88 bits per heavy atom. The van der Waals surface area contributed by atoms with Crippen LogP contribution < -0.4 is 10.1 Å². The van der Waals surface area contributed by atoms with Crippen LogP contribution in [-0.2, 0) is 16.1 Å². The Balaban J connectivity index is 2.01. The summed E-state index contributed by atoms with van der Waals surface area (Å²) in [5.41, 5.74) is 2.04. The quantitative estimate of drug-likeness (QED) is 0.680. The lowest BCUT2D eigenvalue weighted by atomic mass is 9.97. The van der Waals surface area contributed by atoms with Crippen LogP contribution in [0.4, 0.5) is 5.69 Å². The first kappa shape index (κ1) is 20.0. The van der Waals surface area contributed by atoms with Crippen LogP contribution in [0.15, 0.2) is 48.5 Å². The number of carbonyl (C=O) groups excluding carboxylic acids is 1. The highest BCUT2D eigenvalue weighted by Crippen LogP contribution is 2.25. The molecule has 26 heavy (non-hydrogen) atoms. The molecule has 0 heterocycles. The lowest BCUT2D eigenvalue weighted by Crippen LogP contribution is -2.41. The van der Waals surface area contributed by atoms with E-state index in [0.717, 1.165) is 35.4 Å². The molecule has 0 fully saturated rings. The number of ether oxygens (including phenoxy) is 2. The SMILES string of the molecule is CCCC[C@](C)(OC)C(=O)Nc1ccc(OCc2ccccc2)c(C)c1. The number of amides is 1. The van der Waals surface area contributed by atoms with Gasteiger partial charge in [0.05, 0.1) is 0 Å². The molecule has 0 radical (unpaired) electrons. The summed E-state index contributed by atoms with van der Waals surface area (Å²) in [7, 11) is 1.58. The van der Waals surface area contributed by atoms with Crippen LogP contribution in [0.3, 0.4) is 0 Å². The average molecular weight is 355 g/mol. The van der Waals surface area contributed by atoms with Gasteiger partial charge in [0.25, 0.3) is 5.91 Å². The van der Waals surface area contributed by atoms with E-state index in [1.807, 2.05) is 62.4 Å². The van der Waals surface area contributed by atoms with E-state index in [4.69, 9.17) is 9.47 Å². The van der Waals surface area contributed by atoms with Crippen LogP contribution in [0.1, 0.15) is 44.2 Å². The highest BCUT2D eigenvalue weighted by atomic mass is 16.5. The van der Waals surface area contributed by atoms with E-state index in [2.05, 4.69) is 12.2 Å². The minimum Gasteiger partial charge on any atom is -0.489 e. The fraction of sp³-hybridized carbons (Fsp3) is 0.409. The van der Waals surface area contributed by atoms with E-state index >= 15 is 0 Å². The molecular weight excluding hydrogens is 326 g/mol. The smallest absolute Gasteiger partial charge is 0.256 e. The van der Waals surface area contributed by atoms with E-state index in [-0.39, 0.29) is 5.91 Å². The zero-order chi connectivity index (χ0) is 19.0.